The van der Waals surface area contributed by atoms with Gasteiger partial charge in [-0.15, -0.1) is 10.2 Å². The molecule has 0 N–H and O–H groups in total. The van der Waals surface area contributed by atoms with Gasteiger partial charge in [-0.1, -0.05) is 43.7 Å². The zero-order valence-corrected chi connectivity index (χ0v) is 14.3. The zero-order valence-electron chi connectivity index (χ0n) is 13.5. The second-order valence-corrected chi connectivity index (χ2v) is 5.81. The number of unbranched alkanes of at least 4 members (excludes halogenated alkanes) is 1. The average molecular weight is 319 g/mol. The van der Waals surface area contributed by atoms with Gasteiger partial charge < -0.3 is 4.42 Å². The smallest absolute Gasteiger partial charge is 0.248 e. The molecule has 0 atom stereocenters. The van der Waals surface area contributed by atoms with Crippen molar-refractivity contribution in [2.24, 2.45) is 0 Å². The monoisotopic (exact) mass is 318 g/mol. The molecule has 2 aromatic rings. The first-order valence-electron chi connectivity index (χ1n) is 7.91. The predicted octanol–water partition coefficient (Wildman–Crippen LogP) is 5.46. The SMILES string of the molecule is CCC(Cl)=CCCCc1cccc(-c2nnc(C)o2)c1CC. The van der Waals surface area contributed by atoms with Crippen LogP contribution in [0.3, 0.4) is 0 Å². The molecule has 0 saturated heterocycles. The third-order valence-corrected chi connectivity index (χ3v) is 4.16. The van der Waals surface area contributed by atoms with Crippen LogP contribution in [0.15, 0.2) is 33.7 Å². The van der Waals surface area contributed by atoms with Gasteiger partial charge >= 0.3 is 0 Å². The van der Waals surface area contributed by atoms with Crippen molar-refractivity contribution in [1.82, 2.24) is 10.2 Å². The summed E-state index contributed by atoms with van der Waals surface area (Å²) in [6, 6.07) is 6.32. The third kappa shape index (κ3) is 4.20. The lowest BCUT2D eigenvalue weighted by atomic mass is 9.95. The van der Waals surface area contributed by atoms with Crippen molar-refractivity contribution in [2.75, 3.05) is 0 Å². The van der Waals surface area contributed by atoms with Gasteiger partial charge in [0.1, 0.15) is 0 Å². The van der Waals surface area contributed by atoms with E-state index in [1.165, 1.54) is 11.1 Å². The Kier molecular flexibility index (Phi) is 6.20. The molecule has 0 aliphatic carbocycles. The lowest BCUT2D eigenvalue weighted by molar-refractivity contribution is 0.532. The van der Waals surface area contributed by atoms with E-state index in [0.29, 0.717) is 11.8 Å². The van der Waals surface area contributed by atoms with Crippen LogP contribution < -0.4 is 0 Å². The van der Waals surface area contributed by atoms with E-state index in [2.05, 4.69) is 48.3 Å². The van der Waals surface area contributed by atoms with E-state index in [0.717, 1.165) is 42.7 Å². The number of rotatable bonds is 7. The van der Waals surface area contributed by atoms with Crippen molar-refractivity contribution in [3.05, 3.63) is 46.3 Å². The lowest BCUT2D eigenvalue weighted by Gasteiger charge is -2.11. The molecule has 1 heterocycles. The van der Waals surface area contributed by atoms with Crippen molar-refractivity contribution in [2.45, 2.75) is 52.9 Å². The van der Waals surface area contributed by atoms with E-state index in [4.69, 9.17) is 16.0 Å². The summed E-state index contributed by atoms with van der Waals surface area (Å²) in [5.74, 6) is 1.21. The zero-order chi connectivity index (χ0) is 15.9. The molecule has 0 aliphatic heterocycles. The summed E-state index contributed by atoms with van der Waals surface area (Å²) in [6.07, 6.45) is 7.13. The molecule has 0 amide bonds. The van der Waals surface area contributed by atoms with Crippen LogP contribution >= 0.6 is 11.6 Å². The molecular formula is C18H23ClN2O. The van der Waals surface area contributed by atoms with Gasteiger partial charge in [0.15, 0.2) is 0 Å². The Balaban J connectivity index is 2.15. The summed E-state index contributed by atoms with van der Waals surface area (Å²) in [6.45, 7) is 6.05. The minimum atomic E-state index is 0.599. The second kappa shape index (κ2) is 8.14. The molecule has 118 valence electrons. The molecule has 0 bridgehead atoms. The minimum Gasteiger partial charge on any atom is -0.421 e. The number of benzene rings is 1. The topological polar surface area (TPSA) is 38.9 Å². The van der Waals surface area contributed by atoms with E-state index >= 15 is 0 Å². The summed E-state index contributed by atoms with van der Waals surface area (Å²) >= 11 is 6.05. The molecule has 4 heteroatoms. The Hall–Kier alpha value is -1.61. The average Bonchev–Trinajstić information content (AvgIpc) is 2.97. The molecule has 0 spiro atoms. The molecule has 0 fully saturated rings. The van der Waals surface area contributed by atoms with Crippen molar-refractivity contribution in [3.8, 4) is 11.5 Å². The maximum atomic E-state index is 6.05. The lowest BCUT2D eigenvalue weighted by Crippen LogP contribution is -1.97. The van der Waals surface area contributed by atoms with Crippen LogP contribution in [0.1, 0.15) is 50.1 Å². The van der Waals surface area contributed by atoms with Crippen LogP contribution in [0.5, 0.6) is 0 Å². The first kappa shape index (κ1) is 16.8. The molecule has 3 nitrogen and oxygen atoms in total. The second-order valence-electron chi connectivity index (χ2n) is 5.32. The van der Waals surface area contributed by atoms with E-state index in [1.807, 2.05) is 6.92 Å². The Morgan fingerprint density at radius 3 is 2.73 bits per heavy atom. The van der Waals surface area contributed by atoms with Gasteiger partial charge in [0.05, 0.1) is 0 Å². The third-order valence-electron chi connectivity index (χ3n) is 3.74. The number of aromatic nitrogens is 2. The van der Waals surface area contributed by atoms with Crippen molar-refractivity contribution >= 4 is 11.6 Å². The number of allylic oxidation sites excluding steroid dienone is 2. The Morgan fingerprint density at radius 2 is 2.09 bits per heavy atom. The van der Waals surface area contributed by atoms with Crippen molar-refractivity contribution in [1.29, 1.82) is 0 Å². The summed E-state index contributed by atoms with van der Waals surface area (Å²) < 4.78 is 5.59. The summed E-state index contributed by atoms with van der Waals surface area (Å²) in [5.41, 5.74) is 3.72. The van der Waals surface area contributed by atoms with Crippen LogP contribution in [-0.2, 0) is 12.8 Å². The first-order valence-corrected chi connectivity index (χ1v) is 8.29. The highest BCUT2D eigenvalue weighted by Crippen LogP contribution is 2.27. The van der Waals surface area contributed by atoms with Crippen LogP contribution in [0.25, 0.3) is 11.5 Å². The fourth-order valence-corrected chi connectivity index (χ4v) is 2.70. The molecular weight excluding hydrogens is 296 g/mol. The van der Waals surface area contributed by atoms with E-state index < -0.39 is 0 Å². The van der Waals surface area contributed by atoms with Crippen LogP contribution in [0.4, 0.5) is 0 Å². The van der Waals surface area contributed by atoms with Gasteiger partial charge in [0.25, 0.3) is 0 Å². The fourth-order valence-electron chi connectivity index (χ4n) is 2.59. The predicted molar refractivity (Wildman–Crippen MR) is 91.0 cm³/mol. The highest BCUT2D eigenvalue weighted by Gasteiger charge is 2.13. The van der Waals surface area contributed by atoms with Gasteiger partial charge in [0, 0.05) is 17.5 Å². The Morgan fingerprint density at radius 1 is 1.27 bits per heavy atom. The van der Waals surface area contributed by atoms with Crippen molar-refractivity contribution < 1.29 is 4.42 Å². The van der Waals surface area contributed by atoms with E-state index in [1.54, 1.807) is 0 Å². The minimum absolute atomic E-state index is 0.599. The number of aryl methyl sites for hydroxylation is 2. The van der Waals surface area contributed by atoms with Gasteiger partial charge in [-0.05, 0) is 49.3 Å². The molecule has 1 aromatic carbocycles. The summed E-state index contributed by atoms with van der Waals surface area (Å²) in [4.78, 5) is 0. The molecule has 22 heavy (non-hydrogen) atoms. The van der Waals surface area contributed by atoms with Crippen LogP contribution in [-0.4, -0.2) is 10.2 Å². The molecule has 0 aliphatic rings. The summed E-state index contributed by atoms with van der Waals surface area (Å²) in [7, 11) is 0. The standard InChI is InChI=1S/C18H23ClN2O/c1-4-15(19)11-7-6-9-14-10-8-12-17(16(14)5-2)18-21-20-13(3)22-18/h8,10-12H,4-7,9H2,1-3H3. The summed E-state index contributed by atoms with van der Waals surface area (Å²) in [5, 5.41) is 9.04. The van der Waals surface area contributed by atoms with Gasteiger partial charge in [0.2, 0.25) is 11.8 Å². The maximum absolute atomic E-state index is 6.05. The Bertz CT molecular complexity index is 646. The number of hydrogen-bond donors (Lipinski definition) is 0. The quantitative estimate of drug-likeness (QED) is 0.636. The highest BCUT2D eigenvalue weighted by molar-refractivity contribution is 6.29. The van der Waals surface area contributed by atoms with E-state index in [9.17, 15) is 0 Å². The van der Waals surface area contributed by atoms with Crippen molar-refractivity contribution in [3.63, 3.8) is 0 Å². The molecule has 0 saturated carbocycles. The number of halogens is 1. The first-order chi connectivity index (χ1) is 10.7. The molecule has 2 rings (SSSR count). The van der Waals surface area contributed by atoms with Gasteiger partial charge in [-0.25, -0.2) is 0 Å². The number of hydrogen-bond acceptors (Lipinski definition) is 3. The highest BCUT2D eigenvalue weighted by atomic mass is 35.5. The Labute approximate surface area is 137 Å². The number of nitrogens with zero attached hydrogens (tertiary/aromatic N) is 2. The van der Waals surface area contributed by atoms with Crippen LogP contribution in [0.2, 0.25) is 0 Å². The van der Waals surface area contributed by atoms with Gasteiger partial charge in [-0.3, -0.25) is 0 Å². The molecule has 1 aromatic heterocycles. The maximum Gasteiger partial charge on any atom is 0.248 e. The normalized spacial score (nSPS) is 11.9. The molecule has 0 radical (unpaired) electrons. The van der Waals surface area contributed by atoms with Crippen LogP contribution in [0, 0.1) is 6.92 Å². The molecule has 0 unspecified atom stereocenters. The fraction of sp³-hybridized carbons (Fsp3) is 0.444. The van der Waals surface area contributed by atoms with E-state index in [-0.39, 0.29) is 0 Å². The largest absolute Gasteiger partial charge is 0.421 e. The van der Waals surface area contributed by atoms with Gasteiger partial charge in [-0.2, -0.15) is 0 Å².